The molecule has 0 saturated heterocycles. The Bertz CT molecular complexity index is 2540. The summed E-state index contributed by atoms with van der Waals surface area (Å²) in [5.41, 5.74) is 13.4. The largest absolute Gasteiger partial charge is 0.455 e. The summed E-state index contributed by atoms with van der Waals surface area (Å²) < 4.78 is 8.90. The van der Waals surface area contributed by atoms with Gasteiger partial charge in [-0.2, -0.15) is 0 Å². The van der Waals surface area contributed by atoms with Crippen LogP contribution in [0.3, 0.4) is 0 Å². The molecule has 4 nitrogen and oxygen atoms in total. The van der Waals surface area contributed by atoms with E-state index in [1.807, 2.05) is 31.3 Å². The van der Waals surface area contributed by atoms with Crippen LogP contribution in [-0.4, -0.2) is 14.5 Å². The molecule has 0 amide bonds. The van der Waals surface area contributed by atoms with Gasteiger partial charge in [0.1, 0.15) is 17.0 Å². The summed E-state index contributed by atoms with van der Waals surface area (Å²) in [6.45, 7) is 2.00. The van der Waals surface area contributed by atoms with Gasteiger partial charge >= 0.3 is 0 Å². The van der Waals surface area contributed by atoms with Crippen molar-refractivity contribution in [1.82, 2.24) is 14.5 Å². The summed E-state index contributed by atoms with van der Waals surface area (Å²) in [5, 5.41) is 2.15. The Labute approximate surface area is 272 Å². The summed E-state index contributed by atoms with van der Waals surface area (Å²) >= 11 is 0. The first-order valence-electron chi connectivity index (χ1n) is 15.8. The van der Waals surface area contributed by atoms with Gasteiger partial charge in [-0.15, -0.1) is 0 Å². The summed E-state index contributed by atoms with van der Waals surface area (Å²) in [4.78, 5) is 9.82. The maximum Gasteiger partial charge on any atom is 0.149 e. The molecule has 0 saturated carbocycles. The SMILES string of the molecule is Cc1cc2nc(-c3cccc4c3oc3cc(-c5ccc(-c6ccccc6)cc5)ccc34)n(-c3ccc(-c4ccccc4)cc3)c2cn1. The van der Waals surface area contributed by atoms with E-state index in [0.29, 0.717) is 0 Å². The number of aryl methyl sites for hydroxylation is 1. The number of fused-ring (bicyclic) bond motifs is 4. The minimum Gasteiger partial charge on any atom is -0.455 e. The number of furan rings is 1. The van der Waals surface area contributed by atoms with Crippen LogP contribution >= 0.6 is 0 Å². The molecule has 0 aliphatic heterocycles. The first kappa shape index (κ1) is 27.1. The molecule has 9 rings (SSSR count). The second kappa shape index (κ2) is 11.0. The number of imidazole rings is 1. The van der Waals surface area contributed by atoms with Crippen LogP contribution in [0.15, 0.2) is 162 Å². The lowest BCUT2D eigenvalue weighted by Crippen LogP contribution is -1.98. The lowest BCUT2D eigenvalue weighted by Gasteiger charge is -2.11. The lowest BCUT2D eigenvalue weighted by molar-refractivity contribution is 0.669. The van der Waals surface area contributed by atoms with Crippen molar-refractivity contribution in [2.75, 3.05) is 0 Å². The zero-order chi connectivity index (χ0) is 31.3. The first-order valence-corrected chi connectivity index (χ1v) is 15.8. The average Bonchev–Trinajstić information content (AvgIpc) is 3.70. The molecule has 3 heterocycles. The van der Waals surface area contributed by atoms with Crippen LogP contribution in [-0.2, 0) is 0 Å². The van der Waals surface area contributed by atoms with E-state index in [0.717, 1.165) is 66.9 Å². The van der Waals surface area contributed by atoms with Crippen molar-refractivity contribution in [1.29, 1.82) is 0 Å². The zero-order valence-corrected chi connectivity index (χ0v) is 25.8. The molecule has 47 heavy (non-hydrogen) atoms. The molecular weight excluding hydrogens is 574 g/mol. The van der Waals surface area contributed by atoms with Crippen molar-refractivity contribution < 1.29 is 4.42 Å². The van der Waals surface area contributed by atoms with E-state index < -0.39 is 0 Å². The van der Waals surface area contributed by atoms with E-state index >= 15 is 0 Å². The van der Waals surface area contributed by atoms with Gasteiger partial charge in [-0.1, -0.05) is 115 Å². The van der Waals surface area contributed by atoms with E-state index in [1.165, 1.54) is 22.3 Å². The molecule has 0 spiro atoms. The Hall–Kier alpha value is -6.26. The first-order chi connectivity index (χ1) is 23.2. The van der Waals surface area contributed by atoms with E-state index in [1.54, 1.807) is 0 Å². The Kier molecular flexibility index (Phi) is 6.32. The molecule has 4 heteroatoms. The summed E-state index contributed by atoms with van der Waals surface area (Å²) in [6, 6.07) is 53.1. The molecule has 0 aliphatic rings. The Morgan fingerprint density at radius 2 is 1.13 bits per heavy atom. The number of benzene rings is 6. The van der Waals surface area contributed by atoms with Crippen molar-refractivity contribution in [3.63, 3.8) is 0 Å². The quantitative estimate of drug-likeness (QED) is 0.197. The predicted octanol–water partition coefficient (Wildman–Crippen LogP) is 11.3. The fraction of sp³-hybridized carbons (Fsp3) is 0.0233. The van der Waals surface area contributed by atoms with E-state index in [-0.39, 0.29) is 0 Å². The molecular formula is C43H29N3O. The van der Waals surface area contributed by atoms with E-state index in [4.69, 9.17) is 9.40 Å². The Morgan fingerprint density at radius 1 is 0.532 bits per heavy atom. The van der Waals surface area contributed by atoms with Gasteiger partial charge in [0, 0.05) is 22.2 Å². The van der Waals surface area contributed by atoms with Crippen LogP contribution in [0.5, 0.6) is 0 Å². The van der Waals surface area contributed by atoms with Crippen LogP contribution in [0.2, 0.25) is 0 Å². The van der Waals surface area contributed by atoms with Crippen LogP contribution in [0, 0.1) is 6.92 Å². The number of rotatable bonds is 5. The number of pyridine rings is 1. The number of nitrogens with zero attached hydrogens (tertiary/aromatic N) is 3. The van der Waals surface area contributed by atoms with Crippen molar-refractivity contribution in [2.45, 2.75) is 6.92 Å². The monoisotopic (exact) mass is 603 g/mol. The summed E-state index contributed by atoms with van der Waals surface area (Å²) in [5.74, 6) is 0.821. The van der Waals surface area contributed by atoms with Crippen molar-refractivity contribution in [3.05, 3.63) is 164 Å². The summed E-state index contributed by atoms with van der Waals surface area (Å²) in [6.07, 6.45) is 1.92. The maximum atomic E-state index is 6.71. The predicted molar refractivity (Wildman–Crippen MR) is 193 cm³/mol. The highest BCUT2D eigenvalue weighted by Crippen LogP contribution is 2.39. The second-order valence-corrected chi connectivity index (χ2v) is 11.9. The van der Waals surface area contributed by atoms with Crippen molar-refractivity contribution in [3.8, 4) is 50.5 Å². The highest BCUT2D eigenvalue weighted by atomic mass is 16.3. The van der Waals surface area contributed by atoms with E-state index in [9.17, 15) is 0 Å². The molecule has 0 atom stereocenters. The van der Waals surface area contributed by atoms with Crippen molar-refractivity contribution in [2.24, 2.45) is 0 Å². The average molecular weight is 604 g/mol. The minimum atomic E-state index is 0.821. The molecule has 0 fully saturated rings. The number of aromatic nitrogens is 3. The standard InChI is InChI=1S/C43H29N3O/c1-28-25-39-40(27-44-28)46(35-22-19-32(20-23-35)30-11-6-3-7-12-30)43(45-39)38-14-8-13-37-36-24-21-34(26-41(36)47-42(37)38)33-17-15-31(16-18-33)29-9-4-2-5-10-29/h2-27H,1H3. The number of para-hydroxylation sites is 1. The van der Waals surface area contributed by atoms with Crippen LogP contribution < -0.4 is 0 Å². The maximum absolute atomic E-state index is 6.71. The second-order valence-electron chi connectivity index (χ2n) is 11.9. The number of hydrogen-bond acceptors (Lipinski definition) is 3. The third-order valence-corrected chi connectivity index (χ3v) is 8.98. The van der Waals surface area contributed by atoms with Crippen LogP contribution in [0.4, 0.5) is 0 Å². The van der Waals surface area contributed by atoms with Crippen LogP contribution in [0.25, 0.3) is 83.4 Å². The fourth-order valence-electron chi connectivity index (χ4n) is 6.59. The zero-order valence-electron chi connectivity index (χ0n) is 25.8. The minimum absolute atomic E-state index is 0.821. The summed E-state index contributed by atoms with van der Waals surface area (Å²) in [7, 11) is 0. The van der Waals surface area contributed by atoms with Gasteiger partial charge in [-0.05, 0) is 76.7 Å². The topological polar surface area (TPSA) is 43.9 Å². The number of hydrogen-bond donors (Lipinski definition) is 0. The molecule has 0 bridgehead atoms. The Balaban J connectivity index is 1.17. The molecule has 0 radical (unpaired) electrons. The molecule has 6 aromatic carbocycles. The highest BCUT2D eigenvalue weighted by Gasteiger charge is 2.20. The van der Waals surface area contributed by atoms with Gasteiger partial charge in [-0.3, -0.25) is 9.55 Å². The lowest BCUT2D eigenvalue weighted by atomic mass is 9.99. The molecule has 9 aromatic rings. The third kappa shape index (κ3) is 4.70. The molecule has 0 aliphatic carbocycles. The van der Waals surface area contributed by atoms with Crippen molar-refractivity contribution >= 4 is 33.0 Å². The van der Waals surface area contributed by atoms with Gasteiger partial charge in [0.05, 0.1) is 22.8 Å². The fourth-order valence-corrected chi connectivity index (χ4v) is 6.59. The molecule has 222 valence electrons. The van der Waals surface area contributed by atoms with Gasteiger partial charge in [-0.25, -0.2) is 4.98 Å². The van der Waals surface area contributed by atoms with Gasteiger partial charge in [0.15, 0.2) is 0 Å². The van der Waals surface area contributed by atoms with Gasteiger partial charge < -0.3 is 4.42 Å². The normalized spacial score (nSPS) is 11.5. The third-order valence-electron chi connectivity index (χ3n) is 8.98. The Morgan fingerprint density at radius 3 is 1.81 bits per heavy atom. The van der Waals surface area contributed by atoms with Gasteiger partial charge in [0.25, 0.3) is 0 Å². The van der Waals surface area contributed by atoms with Crippen LogP contribution in [0.1, 0.15) is 5.69 Å². The molecule has 0 unspecified atom stereocenters. The van der Waals surface area contributed by atoms with Gasteiger partial charge in [0.2, 0.25) is 0 Å². The smallest absolute Gasteiger partial charge is 0.149 e. The van der Waals surface area contributed by atoms with E-state index in [2.05, 4.69) is 143 Å². The molecule has 3 aromatic heterocycles. The highest BCUT2D eigenvalue weighted by molar-refractivity contribution is 6.10. The molecule has 0 N–H and O–H groups in total.